The molecule has 1 saturated heterocycles. The Hall–Kier alpha value is -2.70. The first-order valence-corrected chi connectivity index (χ1v) is 10.6. The predicted molar refractivity (Wildman–Crippen MR) is 118 cm³/mol. The highest BCUT2D eigenvalue weighted by atomic mass is 35.5. The molecule has 0 N–H and O–H groups in total. The summed E-state index contributed by atoms with van der Waals surface area (Å²) in [6.07, 6.45) is 5.34. The maximum Gasteiger partial charge on any atom is 0.257 e. The number of carbonyl (C=O) groups is 1. The van der Waals surface area contributed by atoms with E-state index in [-0.39, 0.29) is 11.8 Å². The van der Waals surface area contributed by atoms with E-state index >= 15 is 0 Å². The summed E-state index contributed by atoms with van der Waals surface area (Å²) in [6.45, 7) is 8.21. The molecular weight excluding hydrogens is 398 g/mol. The minimum atomic E-state index is 0.0578. The third kappa shape index (κ3) is 4.40. The Kier molecular flexibility index (Phi) is 6.16. The van der Waals surface area contributed by atoms with E-state index in [1.807, 2.05) is 58.4 Å². The Morgan fingerprint density at radius 2 is 1.70 bits per heavy atom. The molecule has 3 aromatic rings. The molecule has 0 aliphatic carbocycles. The molecule has 0 saturated carbocycles. The fraction of sp³-hybridized carbons (Fsp3) is 0.348. The number of piperazine rings is 1. The quantitative estimate of drug-likeness (QED) is 0.622. The molecule has 0 atom stereocenters. The van der Waals surface area contributed by atoms with Gasteiger partial charge in [-0.1, -0.05) is 25.4 Å². The van der Waals surface area contributed by atoms with Crippen LogP contribution in [0.3, 0.4) is 0 Å². The molecule has 4 rings (SSSR count). The number of carbonyl (C=O) groups excluding carboxylic acids is 1. The van der Waals surface area contributed by atoms with Gasteiger partial charge < -0.3 is 4.90 Å². The van der Waals surface area contributed by atoms with Gasteiger partial charge in [0.05, 0.1) is 23.1 Å². The standard InChI is InChI=1S/C23H26ClN5O/c1-17(2)22-21(15-26-29(22)20-5-3-19(24)4-6-20)23(30)28-13-11-27(12-14-28)16-18-7-9-25-10-8-18/h3-10,15,17H,11-14,16H2,1-2H3. The Labute approximate surface area is 182 Å². The Bertz CT molecular complexity index is 992. The zero-order chi connectivity index (χ0) is 21.1. The highest BCUT2D eigenvalue weighted by Gasteiger charge is 2.27. The molecule has 0 spiro atoms. The third-order valence-corrected chi connectivity index (χ3v) is 5.72. The van der Waals surface area contributed by atoms with Gasteiger partial charge in [0.1, 0.15) is 0 Å². The van der Waals surface area contributed by atoms with Crippen molar-refractivity contribution in [3.05, 3.63) is 76.8 Å². The molecule has 30 heavy (non-hydrogen) atoms. The average Bonchev–Trinajstić information content (AvgIpc) is 3.20. The van der Waals surface area contributed by atoms with Crippen LogP contribution in [0.4, 0.5) is 0 Å². The number of pyridine rings is 1. The number of aromatic nitrogens is 3. The van der Waals surface area contributed by atoms with Crippen molar-refractivity contribution in [2.75, 3.05) is 26.2 Å². The molecule has 1 aliphatic heterocycles. The van der Waals surface area contributed by atoms with Gasteiger partial charge in [-0.2, -0.15) is 5.10 Å². The zero-order valence-electron chi connectivity index (χ0n) is 17.3. The van der Waals surface area contributed by atoms with E-state index in [1.165, 1.54) is 5.56 Å². The van der Waals surface area contributed by atoms with Crippen LogP contribution >= 0.6 is 11.6 Å². The summed E-state index contributed by atoms with van der Waals surface area (Å²) in [6, 6.07) is 11.6. The normalized spacial score (nSPS) is 15.0. The number of hydrogen-bond acceptors (Lipinski definition) is 4. The molecule has 1 fully saturated rings. The summed E-state index contributed by atoms with van der Waals surface area (Å²) in [4.78, 5) is 21.7. The second kappa shape index (κ2) is 8.98. The van der Waals surface area contributed by atoms with Gasteiger partial charge in [0.2, 0.25) is 0 Å². The van der Waals surface area contributed by atoms with Crippen LogP contribution in [0.15, 0.2) is 55.0 Å². The Morgan fingerprint density at radius 1 is 1.03 bits per heavy atom. The summed E-state index contributed by atoms with van der Waals surface area (Å²) < 4.78 is 1.86. The summed E-state index contributed by atoms with van der Waals surface area (Å²) in [5.41, 5.74) is 3.77. The number of benzene rings is 1. The molecule has 6 nitrogen and oxygen atoms in total. The minimum Gasteiger partial charge on any atom is -0.336 e. The molecule has 7 heteroatoms. The van der Waals surface area contributed by atoms with Crippen LogP contribution in [0.2, 0.25) is 5.02 Å². The second-order valence-corrected chi connectivity index (χ2v) is 8.35. The van der Waals surface area contributed by atoms with Crippen molar-refractivity contribution in [3.63, 3.8) is 0 Å². The SMILES string of the molecule is CC(C)c1c(C(=O)N2CCN(Cc3ccncc3)CC2)cnn1-c1ccc(Cl)cc1. The molecule has 0 bridgehead atoms. The molecule has 0 unspecified atom stereocenters. The number of nitrogens with zero attached hydrogens (tertiary/aromatic N) is 5. The van der Waals surface area contributed by atoms with Crippen LogP contribution in [0.25, 0.3) is 5.69 Å². The van der Waals surface area contributed by atoms with Crippen molar-refractivity contribution in [1.29, 1.82) is 0 Å². The number of hydrogen-bond donors (Lipinski definition) is 0. The Balaban J connectivity index is 1.48. The summed E-state index contributed by atoms with van der Waals surface area (Å²) in [5, 5.41) is 5.21. The third-order valence-electron chi connectivity index (χ3n) is 5.47. The Morgan fingerprint density at radius 3 is 2.33 bits per heavy atom. The van der Waals surface area contributed by atoms with Crippen molar-refractivity contribution in [2.24, 2.45) is 0 Å². The largest absolute Gasteiger partial charge is 0.336 e. The van der Waals surface area contributed by atoms with Crippen LogP contribution in [0.5, 0.6) is 0 Å². The minimum absolute atomic E-state index is 0.0578. The van der Waals surface area contributed by atoms with Crippen LogP contribution in [-0.4, -0.2) is 56.7 Å². The summed E-state index contributed by atoms with van der Waals surface area (Å²) >= 11 is 6.02. The zero-order valence-corrected chi connectivity index (χ0v) is 18.1. The molecule has 1 aliphatic rings. The highest BCUT2D eigenvalue weighted by Crippen LogP contribution is 2.25. The van der Waals surface area contributed by atoms with Crippen LogP contribution in [0.1, 0.15) is 41.4 Å². The van der Waals surface area contributed by atoms with Crippen molar-refractivity contribution < 1.29 is 4.79 Å². The van der Waals surface area contributed by atoms with E-state index in [0.717, 1.165) is 31.0 Å². The summed E-state index contributed by atoms with van der Waals surface area (Å²) in [7, 11) is 0. The van der Waals surface area contributed by atoms with Gasteiger partial charge in [-0.25, -0.2) is 4.68 Å². The van der Waals surface area contributed by atoms with Gasteiger partial charge >= 0.3 is 0 Å². The van der Waals surface area contributed by atoms with Crippen LogP contribution in [0, 0.1) is 0 Å². The molecule has 3 heterocycles. The van der Waals surface area contributed by atoms with E-state index in [4.69, 9.17) is 11.6 Å². The second-order valence-electron chi connectivity index (χ2n) is 7.91. The molecular formula is C23H26ClN5O. The van der Waals surface area contributed by atoms with Crippen molar-refractivity contribution in [2.45, 2.75) is 26.3 Å². The highest BCUT2D eigenvalue weighted by molar-refractivity contribution is 6.30. The van der Waals surface area contributed by atoms with Crippen molar-refractivity contribution >= 4 is 17.5 Å². The van der Waals surface area contributed by atoms with Gasteiger partial charge in [-0.15, -0.1) is 0 Å². The fourth-order valence-electron chi connectivity index (χ4n) is 3.89. The van der Waals surface area contributed by atoms with E-state index in [2.05, 4.69) is 28.8 Å². The lowest BCUT2D eigenvalue weighted by molar-refractivity contribution is 0.0627. The van der Waals surface area contributed by atoms with Crippen LogP contribution in [-0.2, 0) is 6.54 Å². The molecule has 2 aromatic heterocycles. The van der Waals surface area contributed by atoms with Crippen molar-refractivity contribution in [1.82, 2.24) is 24.6 Å². The van der Waals surface area contributed by atoms with E-state index in [0.29, 0.717) is 23.7 Å². The summed E-state index contributed by atoms with van der Waals surface area (Å²) in [5.74, 6) is 0.220. The lowest BCUT2D eigenvalue weighted by atomic mass is 10.0. The number of amides is 1. The average molecular weight is 424 g/mol. The van der Waals surface area contributed by atoms with Crippen LogP contribution < -0.4 is 0 Å². The van der Waals surface area contributed by atoms with E-state index < -0.39 is 0 Å². The molecule has 0 radical (unpaired) electrons. The lowest BCUT2D eigenvalue weighted by Crippen LogP contribution is -2.48. The predicted octanol–water partition coefficient (Wildman–Crippen LogP) is 4.00. The molecule has 1 aromatic carbocycles. The van der Waals surface area contributed by atoms with Gasteiger partial charge in [0.15, 0.2) is 0 Å². The maximum atomic E-state index is 13.3. The first kappa shape index (κ1) is 20.6. The fourth-order valence-corrected chi connectivity index (χ4v) is 4.02. The first-order chi connectivity index (χ1) is 14.5. The first-order valence-electron chi connectivity index (χ1n) is 10.3. The lowest BCUT2D eigenvalue weighted by Gasteiger charge is -2.34. The molecule has 1 amide bonds. The smallest absolute Gasteiger partial charge is 0.257 e. The van der Waals surface area contributed by atoms with E-state index in [1.54, 1.807) is 6.20 Å². The van der Waals surface area contributed by atoms with E-state index in [9.17, 15) is 4.79 Å². The van der Waals surface area contributed by atoms with Gasteiger partial charge in [-0.05, 0) is 47.9 Å². The van der Waals surface area contributed by atoms with Gasteiger partial charge in [-0.3, -0.25) is 14.7 Å². The van der Waals surface area contributed by atoms with Gasteiger partial charge in [0, 0.05) is 50.1 Å². The van der Waals surface area contributed by atoms with Gasteiger partial charge in [0.25, 0.3) is 5.91 Å². The topological polar surface area (TPSA) is 54.3 Å². The number of halogens is 1. The van der Waals surface area contributed by atoms with Crippen molar-refractivity contribution in [3.8, 4) is 5.69 Å². The monoisotopic (exact) mass is 423 g/mol. The molecule has 156 valence electrons. The maximum absolute atomic E-state index is 13.3. The number of rotatable bonds is 5.